The average Bonchev–Trinajstić information content (AvgIpc) is 3.10. The van der Waals surface area contributed by atoms with E-state index in [1.165, 1.54) is 49.0 Å². The summed E-state index contributed by atoms with van der Waals surface area (Å²) in [7, 11) is 2.04. The van der Waals surface area contributed by atoms with Crippen molar-refractivity contribution >= 4 is 11.4 Å². The fourth-order valence-corrected chi connectivity index (χ4v) is 4.48. The third kappa shape index (κ3) is 3.45. The lowest BCUT2D eigenvalue weighted by molar-refractivity contribution is 0.426. The Kier molecular flexibility index (Phi) is 5.45. The number of anilines is 2. The van der Waals surface area contributed by atoms with Crippen molar-refractivity contribution in [2.75, 3.05) is 23.4 Å². The van der Waals surface area contributed by atoms with Crippen LogP contribution in [0.25, 0.3) is 0 Å². The van der Waals surface area contributed by atoms with Crippen molar-refractivity contribution < 1.29 is 0 Å². The highest BCUT2D eigenvalue weighted by Crippen LogP contribution is 2.46. The average molecular weight is 349 g/mol. The predicted octanol–water partition coefficient (Wildman–Crippen LogP) is 5.12. The highest BCUT2D eigenvalue weighted by Gasteiger charge is 2.35. The van der Waals surface area contributed by atoms with Gasteiger partial charge in [-0.15, -0.1) is 0 Å². The van der Waals surface area contributed by atoms with Gasteiger partial charge in [0.25, 0.3) is 0 Å². The summed E-state index contributed by atoms with van der Waals surface area (Å²) in [5, 5.41) is 3.34. The van der Waals surface area contributed by atoms with E-state index in [1.54, 1.807) is 0 Å². The van der Waals surface area contributed by atoms with E-state index in [0.29, 0.717) is 12.1 Å². The SMILES string of the molecule is CNCCC(c1ccccc1)N1[CH]N(C2CCCCC2)c2ccccc21. The lowest BCUT2D eigenvalue weighted by Crippen LogP contribution is -2.37. The van der Waals surface area contributed by atoms with Gasteiger partial charge in [-0.3, -0.25) is 0 Å². The van der Waals surface area contributed by atoms with Crippen LogP contribution in [-0.4, -0.2) is 19.6 Å². The molecule has 0 spiro atoms. The minimum Gasteiger partial charge on any atom is -0.343 e. The summed E-state index contributed by atoms with van der Waals surface area (Å²) >= 11 is 0. The fourth-order valence-electron chi connectivity index (χ4n) is 4.48. The summed E-state index contributed by atoms with van der Waals surface area (Å²) < 4.78 is 0. The van der Waals surface area contributed by atoms with Crippen LogP contribution in [0.1, 0.15) is 50.1 Å². The molecule has 2 aromatic rings. The highest BCUT2D eigenvalue weighted by molar-refractivity contribution is 5.79. The molecule has 1 heterocycles. The minimum atomic E-state index is 0.360. The molecule has 0 bridgehead atoms. The Morgan fingerprint density at radius 2 is 1.62 bits per heavy atom. The molecule has 1 aliphatic heterocycles. The third-order valence-corrected chi connectivity index (χ3v) is 5.84. The van der Waals surface area contributed by atoms with E-state index in [-0.39, 0.29) is 0 Å². The van der Waals surface area contributed by atoms with Crippen molar-refractivity contribution in [2.45, 2.75) is 50.6 Å². The van der Waals surface area contributed by atoms with Crippen LogP contribution in [0.2, 0.25) is 0 Å². The van der Waals surface area contributed by atoms with Gasteiger partial charge in [0, 0.05) is 6.04 Å². The van der Waals surface area contributed by atoms with Crippen LogP contribution in [-0.2, 0) is 0 Å². The number of nitrogens with one attached hydrogen (secondary N) is 1. The molecule has 3 heteroatoms. The van der Waals surface area contributed by atoms with Crippen molar-refractivity contribution in [1.82, 2.24) is 5.32 Å². The Labute approximate surface area is 158 Å². The van der Waals surface area contributed by atoms with Gasteiger partial charge in [0.05, 0.1) is 17.4 Å². The van der Waals surface area contributed by atoms with Crippen molar-refractivity contribution in [2.24, 2.45) is 0 Å². The molecule has 2 aromatic carbocycles. The lowest BCUT2D eigenvalue weighted by Gasteiger charge is -2.34. The van der Waals surface area contributed by atoms with Gasteiger partial charge in [-0.1, -0.05) is 61.7 Å². The van der Waals surface area contributed by atoms with Crippen LogP contribution < -0.4 is 15.1 Å². The maximum atomic E-state index is 3.34. The third-order valence-electron chi connectivity index (χ3n) is 5.84. The molecular weight excluding hydrogens is 318 g/mol. The minimum absolute atomic E-state index is 0.360. The van der Waals surface area contributed by atoms with Gasteiger partial charge in [0.1, 0.15) is 6.67 Å². The molecule has 0 saturated heterocycles. The first-order chi connectivity index (χ1) is 12.9. The van der Waals surface area contributed by atoms with Gasteiger partial charge in [-0.25, -0.2) is 0 Å². The van der Waals surface area contributed by atoms with E-state index in [2.05, 4.69) is 76.4 Å². The first kappa shape index (κ1) is 17.4. The van der Waals surface area contributed by atoms with Crippen LogP contribution >= 0.6 is 0 Å². The first-order valence-corrected chi connectivity index (χ1v) is 10.1. The van der Waals surface area contributed by atoms with Crippen molar-refractivity contribution in [3.63, 3.8) is 0 Å². The Morgan fingerprint density at radius 1 is 0.923 bits per heavy atom. The molecule has 3 nitrogen and oxygen atoms in total. The number of rotatable bonds is 6. The van der Waals surface area contributed by atoms with Crippen LogP contribution in [0.3, 0.4) is 0 Å². The van der Waals surface area contributed by atoms with Crippen molar-refractivity contribution in [1.29, 1.82) is 0 Å². The molecule has 1 radical (unpaired) electrons. The van der Waals surface area contributed by atoms with Gasteiger partial charge in [0.15, 0.2) is 0 Å². The summed E-state index contributed by atoms with van der Waals surface area (Å²) in [6.07, 6.45) is 7.82. The summed E-state index contributed by atoms with van der Waals surface area (Å²) in [5.74, 6) is 0. The van der Waals surface area contributed by atoms with Gasteiger partial charge < -0.3 is 15.1 Å². The Balaban J connectivity index is 1.66. The topological polar surface area (TPSA) is 18.5 Å². The second kappa shape index (κ2) is 8.13. The van der Waals surface area contributed by atoms with Gasteiger partial charge >= 0.3 is 0 Å². The summed E-state index contributed by atoms with van der Waals surface area (Å²) in [6.45, 7) is 3.41. The van der Waals surface area contributed by atoms with Gasteiger partial charge in [0.2, 0.25) is 0 Å². The van der Waals surface area contributed by atoms with Crippen molar-refractivity contribution in [3.05, 3.63) is 66.8 Å². The molecule has 1 unspecified atom stereocenters. The van der Waals surface area contributed by atoms with E-state index in [0.717, 1.165) is 13.0 Å². The van der Waals surface area contributed by atoms with Crippen LogP contribution in [0, 0.1) is 6.67 Å². The van der Waals surface area contributed by atoms with E-state index < -0.39 is 0 Å². The molecule has 1 fully saturated rings. The second-order valence-corrected chi connectivity index (χ2v) is 7.53. The number of fused-ring (bicyclic) bond motifs is 1. The van der Waals surface area contributed by atoms with Gasteiger partial charge in [-0.2, -0.15) is 0 Å². The van der Waals surface area contributed by atoms with E-state index >= 15 is 0 Å². The maximum absolute atomic E-state index is 3.34. The Morgan fingerprint density at radius 3 is 2.35 bits per heavy atom. The highest BCUT2D eigenvalue weighted by atomic mass is 15.4. The smallest absolute Gasteiger partial charge is 0.143 e. The van der Waals surface area contributed by atoms with Crippen LogP contribution in [0.4, 0.5) is 11.4 Å². The molecule has 1 aliphatic carbocycles. The molecule has 26 heavy (non-hydrogen) atoms. The molecule has 2 aliphatic rings. The quantitative estimate of drug-likeness (QED) is 0.782. The summed E-state index contributed by atoms with van der Waals surface area (Å²) in [4.78, 5) is 5.07. The molecule has 1 N–H and O–H groups in total. The zero-order valence-electron chi connectivity index (χ0n) is 15.8. The fraction of sp³-hybridized carbons (Fsp3) is 0.435. The lowest BCUT2D eigenvalue weighted by atomic mass is 9.94. The van der Waals surface area contributed by atoms with E-state index in [9.17, 15) is 0 Å². The molecule has 137 valence electrons. The number of hydrogen-bond acceptors (Lipinski definition) is 3. The number of hydrogen-bond donors (Lipinski definition) is 1. The maximum Gasteiger partial charge on any atom is 0.143 e. The van der Waals surface area contributed by atoms with E-state index in [1.807, 2.05) is 7.05 Å². The molecule has 1 saturated carbocycles. The second-order valence-electron chi connectivity index (χ2n) is 7.53. The van der Waals surface area contributed by atoms with Crippen LogP contribution in [0.15, 0.2) is 54.6 Å². The Bertz CT molecular complexity index is 694. The molecule has 1 atom stereocenters. The number of benzene rings is 2. The summed E-state index contributed by atoms with van der Waals surface area (Å²) in [6, 6.07) is 20.9. The molecule has 0 amide bonds. The molecule has 0 aromatic heterocycles. The summed E-state index contributed by atoms with van der Waals surface area (Å²) in [5.41, 5.74) is 4.12. The van der Waals surface area contributed by atoms with E-state index in [4.69, 9.17) is 0 Å². The predicted molar refractivity (Wildman–Crippen MR) is 110 cm³/mol. The first-order valence-electron chi connectivity index (χ1n) is 10.1. The monoisotopic (exact) mass is 348 g/mol. The number of nitrogens with zero attached hydrogens (tertiary/aromatic N) is 2. The number of para-hydroxylation sites is 2. The standard InChI is InChI=1S/C23H30N3/c1-24-17-16-21(19-10-4-2-5-11-19)26-18-25(20-12-6-3-7-13-20)22-14-8-9-15-23(22)26/h2,4-5,8-11,14-15,18,20-21,24H,3,6-7,12-13,16-17H2,1H3. The zero-order chi connectivity index (χ0) is 17.8. The van der Waals surface area contributed by atoms with Crippen molar-refractivity contribution in [3.8, 4) is 0 Å². The van der Waals surface area contributed by atoms with Gasteiger partial charge in [-0.05, 0) is 50.6 Å². The zero-order valence-corrected chi connectivity index (χ0v) is 15.8. The molecule has 4 rings (SSSR count). The molecular formula is C23H30N3. The Hall–Kier alpha value is -2.00. The largest absolute Gasteiger partial charge is 0.343 e. The normalized spacial score (nSPS) is 18.8. The van der Waals surface area contributed by atoms with Crippen LogP contribution in [0.5, 0.6) is 0 Å².